The van der Waals surface area contributed by atoms with Crippen LogP contribution in [-0.4, -0.2) is 25.9 Å². The number of anilines is 2. The number of nitrogens with one attached hydrogen (secondary N) is 2. The zero-order valence-corrected chi connectivity index (χ0v) is 19.1. The summed E-state index contributed by atoms with van der Waals surface area (Å²) in [4.78, 5) is 53.5. The maximum atomic E-state index is 14.5. The van der Waals surface area contributed by atoms with E-state index in [4.69, 9.17) is 0 Å². The highest BCUT2D eigenvalue weighted by atomic mass is 32.1. The maximum Gasteiger partial charge on any atom is 0.331 e. The van der Waals surface area contributed by atoms with Gasteiger partial charge in [-0.15, -0.1) is 11.3 Å². The van der Waals surface area contributed by atoms with Gasteiger partial charge in [-0.1, -0.05) is 12.1 Å². The zero-order valence-electron chi connectivity index (χ0n) is 18.3. The lowest BCUT2D eigenvalue weighted by atomic mass is 10.1. The van der Waals surface area contributed by atoms with E-state index >= 15 is 0 Å². The average molecular weight is 482 g/mol. The Morgan fingerprint density at radius 2 is 1.85 bits per heavy atom. The third-order valence-electron chi connectivity index (χ3n) is 5.07. The molecule has 0 aliphatic rings. The van der Waals surface area contributed by atoms with E-state index in [1.54, 1.807) is 42.6 Å². The quantitative estimate of drug-likeness (QED) is 0.439. The Morgan fingerprint density at radius 3 is 2.56 bits per heavy atom. The lowest BCUT2D eigenvalue weighted by Crippen LogP contribution is -2.41. The molecule has 4 aromatic rings. The molecule has 0 fully saturated rings. The summed E-state index contributed by atoms with van der Waals surface area (Å²) in [6.07, 6.45) is 0. The summed E-state index contributed by atoms with van der Waals surface area (Å²) in [5, 5.41) is 7.28. The van der Waals surface area contributed by atoms with Crippen molar-refractivity contribution in [3.05, 3.63) is 74.5 Å². The number of benzene rings is 2. The van der Waals surface area contributed by atoms with Gasteiger partial charge in [0.15, 0.2) is 5.13 Å². The van der Waals surface area contributed by atoms with Gasteiger partial charge in [-0.05, 0) is 37.3 Å². The number of hydrogen-bond donors (Lipinski definition) is 2. The van der Waals surface area contributed by atoms with E-state index in [0.717, 1.165) is 15.9 Å². The van der Waals surface area contributed by atoms with Crippen LogP contribution in [0.25, 0.3) is 22.2 Å². The molecule has 0 unspecified atom stereocenters. The van der Waals surface area contributed by atoms with E-state index in [1.165, 1.54) is 23.6 Å². The number of fused-ring (bicyclic) bond motifs is 1. The van der Waals surface area contributed by atoms with Gasteiger partial charge in [-0.2, -0.15) is 0 Å². The standard InChI is InChI=1S/C23H20FN5O4S/c1-3-28-21(32)16-6-4-5-7-19(16)29(23(28)33)11-20(31)27-22-26-18(12-34-22)15-9-8-14(10-17(15)24)25-13(2)30/h4-10,12H,3,11H2,1-2H3,(H,25,30)(H,26,27,31). The second-order valence-electron chi connectivity index (χ2n) is 7.40. The van der Waals surface area contributed by atoms with Crippen molar-refractivity contribution >= 4 is 44.9 Å². The fourth-order valence-electron chi connectivity index (χ4n) is 3.56. The summed E-state index contributed by atoms with van der Waals surface area (Å²) in [7, 11) is 0. The molecule has 11 heteroatoms. The lowest BCUT2D eigenvalue weighted by Gasteiger charge is -2.12. The van der Waals surface area contributed by atoms with Gasteiger partial charge < -0.3 is 10.6 Å². The van der Waals surface area contributed by atoms with Crippen molar-refractivity contribution in [3.8, 4) is 11.3 Å². The third kappa shape index (κ3) is 4.50. The summed E-state index contributed by atoms with van der Waals surface area (Å²) in [6.45, 7) is 2.86. The number of para-hydroxylation sites is 1. The molecule has 0 saturated heterocycles. The molecule has 2 aromatic heterocycles. The number of rotatable bonds is 6. The molecule has 0 spiro atoms. The Hall–Kier alpha value is -4.12. The second kappa shape index (κ2) is 9.40. The maximum absolute atomic E-state index is 14.5. The first-order valence-corrected chi connectivity index (χ1v) is 11.2. The van der Waals surface area contributed by atoms with Gasteiger partial charge in [0.05, 0.1) is 16.6 Å². The SMILES string of the molecule is CCn1c(=O)c2ccccc2n(CC(=O)Nc2nc(-c3ccc(NC(C)=O)cc3F)cs2)c1=O. The lowest BCUT2D eigenvalue weighted by molar-refractivity contribution is -0.117. The predicted octanol–water partition coefficient (Wildman–Crippen LogP) is 3.04. The first-order chi connectivity index (χ1) is 16.3. The van der Waals surface area contributed by atoms with Gasteiger partial charge in [0.2, 0.25) is 11.8 Å². The monoisotopic (exact) mass is 481 g/mol. The number of thiazole rings is 1. The van der Waals surface area contributed by atoms with Crippen LogP contribution in [0.15, 0.2) is 57.4 Å². The van der Waals surface area contributed by atoms with E-state index in [1.807, 2.05) is 0 Å². The molecule has 34 heavy (non-hydrogen) atoms. The van der Waals surface area contributed by atoms with Crippen molar-refractivity contribution in [1.82, 2.24) is 14.1 Å². The van der Waals surface area contributed by atoms with Gasteiger partial charge >= 0.3 is 5.69 Å². The molecule has 0 aliphatic carbocycles. The number of carbonyl (C=O) groups excluding carboxylic acids is 2. The van der Waals surface area contributed by atoms with E-state index in [9.17, 15) is 23.6 Å². The van der Waals surface area contributed by atoms with Crippen LogP contribution < -0.4 is 21.9 Å². The van der Waals surface area contributed by atoms with Crippen LogP contribution in [0.4, 0.5) is 15.2 Å². The smallest absolute Gasteiger partial charge is 0.326 e. The number of nitrogens with zero attached hydrogens (tertiary/aromatic N) is 3. The molecule has 0 saturated carbocycles. The molecule has 2 amide bonds. The van der Waals surface area contributed by atoms with Crippen LogP contribution in [0.3, 0.4) is 0 Å². The number of aromatic nitrogens is 3. The highest BCUT2D eigenvalue weighted by molar-refractivity contribution is 7.14. The molecule has 0 aliphatic heterocycles. The van der Waals surface area contributed by atoms with Crippen molar-refractivity contribution < 1.29 is 14.0 Å². The van der Waals surface area contributed by atoms with E-state index in [0.29, 0.717) is 22.3 Å². The number of amides is 2. The summed E-state index contributed by atoms with van der Waals surface area (Å²) >= 11 is 1.10. The molecule has 0 radical (unpaired) electrons. The normalized spacial score (nSPS) is 10.9. The van der Waals surface area contributed by atoms with Crippen LogP contribution in [0, 0.1) is 5.82 Å². The summed E-state index contributed by atoms with van der Waals surface area (Å²) < 4.78 is 16.8. The minimum Gasteiger partial charge on any atom is -0.326 e. The van der Waals surface area contributed by atoms with E-state index in [2.05, 4.69) is 15.6 Å². The Labute approximate surface area is 196 Å². The molecule has 9 nitrogen and oxygen atoms in total. The summed E-state index contributed by atoms with van der Waals surface area (Å²) in [5.41, 5.74) is 0.220. The molecular weight excluding hydrogens is 461 g/mol. The highest BCUT2D eigenvalue weighted by Crippen LogP contribution is 2.28. The largest absolute Gasteiger partial charge is 0.331 e. The van der Waals surface area contributed by atoms with Crippen LogP contribution >= 0.6 is 11.3 Å². The second-order valence-corrected chi connectivity index (χ2v) is 8.26. The Balaban J connectivity index is 1.57. The zero-order chi connectivity index (χ0) is 24.4. The van der Waals surface area contributed by atoms with Crippen LogP contribution in [0.2, 0.25) is 0 Å². The van der Waals surface area contributed by atoms with Crippen molar-refractivity contribution in [2.24, 2.45) is 0 Å². The predicted molar refractivity (Wildman–Crippen MR) is 129 cm³/mol. The van der Waals surface area contributed by atoms with Gasteiger partial charge in [0.25, 0.3) is 5.56 Å². The summed E-state index contributed by atoms with van der Waals surface area (Å²) in [6, 6.07) is 10.8. The van der Waals surface area contributed by atoms with Gasteiger partial charge in [-0.25, -0.2) is 14.2 Å². The first kappa shape index (κ1) is 23.1. The number of carbonyl (C=O) groups is 2. The molecule has 4 rings (SSSR count). The first-order valence-electron chi connectivity index (χ1n) is 10.3. The fraction of sp³-hybridized carbons (Fsp3) is 0.174. The van der Waals surface area contributed by atoms with Crippen molar-refractivity contribution in [2.75, 3.05) is 10.6 Å². The molecular formula is C23H20FN5O4S. The van der Waals surface area contributed by atoms with Gasteiger partial charge in [0.1, 0.15) is 12.4 Å². The van der Waals surface area contributed by atoms with Gasteiger partial charge in [-0.3, -0.25) is 23.5 Å². The number of halogens is 1. The Kier molecular flexibility index (Phi) is 6.37. The average Bonchev–Trinajstić information content (AvgIpc) is 3.24. The number of hydrogen-bond acceptors (Lipinski definition) is 6. The topological polar surface area (TPSA) is 115 Å². The Morgan fingerprint density at radius 1 is 1.09 bits per heavy atom. The molecule has 0 atom stereocenters. The Bertz CT molecular complexity index is 1540. The molecule has 0 bridgehead atoms. The van der Waals surface area contributed by atoms with Crippen molar-refractivity contribution in [3.63, 3.8) is 0 Å². The van der Waals surface area contributed by atoms with Crippen molar-refractivity contribution in [1.29, 1.82) is 0 Å². The van der Waals surface area contributed by atoms with Crippen LogP contribution in [0.1, 0.15) is 13.8 Å². The molecule has 2 heterocycles. The van der Waals surface area contributed by atoms with E-state index < -0.39 is 23.0 Å². The molecule has 2 aromatic carbocycles. The minimum absolute atomic E-state index is 0.173. The van der Waals surface area contributed by atoms with E-state index in [-0.39, 0.29) is 29.7 Å². The minimum atomic E-state index is -0.581. The molecule has 174 valence electrons. The molecule has 2 N–H and O–H groups in total. The summed E-state index contributed by atoms with van der Waals surface area (Å²) in [5.74, 6) is -1.41. The fourth-order valence-corrected chi connectivity index (χ4v) is 4.29. The highest BCUT2D eigenvalue weighted by Gasteiger charge is 2.16. The van der Waals surface area contributed by atoms with Crippen LogP contribution in [-0.2, 0) is 22.7 Å². The van der Waals surface area contributed by atoms with Gasteiger partial charge in [0, 0.05) is 30.1 Å². The van der Waals surface area contributed by atoms with Crippen molar-refractivity contribution in [2.45, 2.75) is 26.9 Å². The van der Waals surface area contributed by atoms with Crippen LogP contribution in [0.5, 0.6) is 0 Å². The third-order valence-corrected chi connectivity index (χ3v) is 5.82.